The Morgan fingerprint density at radius 2 is 1.94 bits per heavy atom. The maximum Gasteiger partial charge on any atom is 0.247 e. The third-order valence-electron chi connectivity index (χ3n) is 5.33. The summed E-state index contributed by atoms with van der Waals surface area (Å²) in [5.74, 6) is -0.875. The molecule has 0 aromatic heterocycles. The molecule has 2 aromatic rings. The highest BCUT2D eigenvalue weighted by Crippen LogP contribution is 2.31. The highest BCUT2D eigenvalue weighted by atomic mass is 19.1. The molecule has 0 atom stereocenters. The second-order valence-electron chi connectivity index (χ2n) is 7.63. The number of aliphatic imine (C=N–C) groups is 2. The van der Waals surface area contributed by atoms with Crippen LogP contribution in [0.1, 0.15) is 0 Å². The molecular formula is C24H20F2N6O2. The number of anilines is 2. The predicted molar refractivity (Wildman–Crippen MR) is 125 cm³/mol. The number of nitrogens with zero attached hydrogens (tertiary/aromatic N) is 4. The molecule has 3 heterocycles. The highest BCUT2D eigenvalue weighted by molar-refractivity contribution is 6.01. The van der Waals surface area contributed by atoms with Crippen molar-refractivity contribution in [3.05, 3.63) is 90.0 Å². The number of allylic oxidation sites excluding steroid dienone is 1. The summed E-state index contributed by atoms with van der Waals surface area (Å²) in [6, 6.07) is 10.4. The summed E-state index contributed by atoms with van der Waals surface area (Å²) in [5.41, 5.74) is 6.34. The first kappa shape index (κ1) is 21.4. The molecule has 172 valence electrons. The third kappa shape index (κ3) is 4.25. The summed E-state index contributed by atoms with van der Waals surface area (Å²) in [6.07, 6.45) is 4.57. The standard InChI is InChI=1S/C24H20F2N6O2/c1-2-23(33)29-16-4-6-17(7-5-16)30-31-13-20-19(28-14-31)12-22(24-27-9-10-32(20)24)34-21-8-3-15(25)11-18(21)26/h2-8,11-12,14,30H,1,9-10,13H2,(H,29,33). The average molecular weight is 462 g/mol. The minimum Gasteiger partial charge on any atom is -0.450 e. The molecule has 0 radical (unpaired) electrons. The third-order valence-corrected chi connectivity index (χ3v) is 5.33. The molecule has 0 spiro atoms. The minimum absolute atomic E-state index is 0.0814. The SMILES string of the molecule is C=CC(=O)Nc1ccc(NN2C=NC3=C(C2)N2CCN=C2C(Oc2ccc(F)cc2F)=C3)cc1. The van der Waals surface area contributed by atoms with Gasteiger partial charge in [0.15, 0.2) is 23.2 Å². The van der Waals surface area contributed by atoms with Gasteiger partial charge in [0.05, 0.1) is 30.2 Å². The van der Waals surface area contributed by atoms with Crippen LogP contribution in [-0.2, 0) is 4.79 Å². The number of amides is 1. The minimum atomic E-state index is -0.788. The Labute approximate surface area is 194 Å². The van der Waals surface area contributed by atoms with Crippen LogP contribution in [-0.4, -0.2) is 47.6 Å². The lowest BCUT2D eigenvalue weighted by Gasteiger charge is -2.35. The van der Waals surface area contributed by atoms with Crippen molar-refractivity contribution in [2.75, 3.05) is 30.4 Å². The van der Waals surface area contributed by atoms with E-state index in [1.165, 1.54) is 12.1 Å². The van der Waals surface area contributed by atoms with Gasteiger partial charge in [0, 0.05) is 24.4 Å². The first-order valence-corrected chi connectivity index (χ1v) is 10.5. The number of nitrogens with one attached hydrogen (secondary N) is 2. The fraction of sp³-hybridized carbons (Fsp3) is 0.125. The lowest BCUT2D eigenvalue weighted by atomic mass is 10.1. The van der Waals surface area contributed by atoms with E-state index in [4.69, 9.17) is 4.74 Å². The topological polar surface area (TPSA) is 81.6 Å². The summed E-state index contributed by atoms with van der Waals surface area (Å²) < 4.78 is 33.1. The number of fused-ring (bicyclic) bond motifs is 2. The molecule has 0 aliphatic carbocycles. The van der Waals surface area contributed by atoms with E-state index in [0.29, 0.717) is 42.6 Å². The molecule has 8 nitrogen and oxygen atoms in total. The Morgan fingerprint density at radius 1 is 1.15 bits per heavy atom. The number of carbonyl (C=O) groups is 1. The van der Waals surface area contributed by atoms with Crippen molar-refractivity contribution >= 4 is 29.5 Å². The number of halogens is 2. The number of hydrogen-bond donors (Lipinski definition) is 2. The number of benzene rings is 2. The summed E-state index contributed by atoms with van der Waals surface area (Å²) in [4.78, 5) is 22.5. The Hall–Kier alpha value is -4.47. The van der Waals surface area contributed by atoms with Crippen LogP contribution in [0.15, 0.2) is 88.3 Å². The van der Waals surface area contributed by atoms with E-state index in [2.05, 4.69) is 27.3 Å². The molecule has 3 aliphatic rings. The van der Waals surface area contributed by atoms with E-state index in [0.717, 1.165) is 23.5 Å². The molecule has 5 rings (SSSR count). The molecule has 0 unspecified atom stereocenters. The quantitative estimate of drug-likeness (QED) is 0.641. The van der Waals surface area contributed by atoms with Crippen molar-refractivity contribution in [1.82, 2.24) is 9.91 Å². The largest absolute Gasteiger partial charge is 0.450 e. The van der Waals surface area contributed by atoms with Gasteiger partial charge in [-0.15, -0.1) is 0 Å². The van der Waals surface area contributed by atoms with E-state index in [1.807, 2.05) is 22.0 Å². The van der Waals surface area contributed by atoms with Crippen molar-refractivity contribution < 1.29 is 18.3 Å². The summed E-state index contributed by atoms with van der Waals surface area (Å²) >= 11 is 0. The van der Waals surface area contributed by atoms with Crippen molar-refractivity contribution in [2.24, 2.45) is 9.98 Å². The smallest absolute Gasteiger partial charge is 0.247 e. The number of ether oxygens (including phenoxy) is 1. The number of hydrogen-bond acceptors (Lipinski definition) is 7. The van der Waals surface area contributed by atoms with Gasteiger partial charge in [-0.05, 0) is 42.5 Å². The lowest BCUT2D eigenvalue weighted by Crippen LogP contribution is -2.42. The van der Waals surface area contributed by atoms with Gasteiger partial charge < -0.3 is 15.0 Å². The van der Waals surface area contributed by atoms with Crippen LogP contribution in [0, 0.1) is 11.6 Å². The highest BCUT2D eigenvalue weighted by Gasteiger charge is 2.33. The van der Waals surface area contributed by atoms with E-state index < -0.39 is 11.6 Å². The Balaban J connectivity index is 1.32. The van der Waals surface area contributed by atoms with Crippen LogP contribution >= 0.6 is 0 Å². The normalized spacial score (nSPS) is 16.4. The van der Waals surface area contributed by atoms with Crippen LogP contribution in [0.3, 0.4) is 0 Å². The van der Waals surface area contributed by atoms with Crippen LogP contribution in [0.25, 0.3) is 0 Å². The molecule has 1 amide bonds. The molecule has 3 aliphatic heterocycles. The maximum atomic E-state index is 14.1. The number of hydrazine groups is 1. The molecule has 0 saturated heterocycles. The zero-order chi connectivity index (χ0) is 23.7. The fourth-order valence-corrected chi connectivity index (χ4v) is 3.75. The summed E-state index contributed by atoms with van der Waals surface area (Å²) in [7, 11) is 0. The van der Waals surface area contributed by atoms with E-state index >= 15 is 0 Å². The predicted octanol–water partition coefficient (Wildman–Crippen LogP) is 3.66. The molecular weight excluding hydrogens is 442 g/mol. The fourth-order valence-electron chi connectivity index (χ4n) is 3.75. The zero-order valence-corrected chi connectivity index (χ0v) is 18.0. The first-order chi connectivity index (χ1) is 16.5. The Bertz CT molecular complexity index is 1280. The van der Waals surface area contributed by atoms with Crippen molar-refractivity contribution in [3.63, 3.8) is 0 Å². The van der Waals surface area contributed by atoms with E-state index in [1.54, 1.807) is 24.5 Å². The lowest BCUT2D eigenvalue weighted by molar-refractivity contribution is -0.111. The number of rotatable bonds is 6. The van der Waals surface area contributed by atoms with Crippen LogP contribution in [0.4, 0.5) is 20.2 Å². The first-order valence-electron chi connectivity index (χ1n) is 10.5. The van der Waals surface area contributed by atoms with Gasteiger partial charge in [-0.1, -0.05) is 6.58 Å². The van der Waals surface area contributed by atoms with Crippen molar-refractivity contribution in [1.29, 1.82) is 0 Å². The molecule has 2 aromatic carbocycles. The molecule has 0 bridgehead atoms. The van der Waals surface area contributed by atoms with E-state index in [-0.39, 0.29) is 11.7 Å². The average Bonchev–Trinajstić information content (AvgIpc) is 3.33. The van der Waals surface area contributed by atoms with Gasteiger partial charge in [0.1, 0.15) is 12.2 Å². The van der Waals surface area contributed by atoms with Gasteiger partial charge in [0.2, 0.25) is 5.91 Å². The number of amidine groups is 1. The second kappa shape index (κ2) is 8.81. The Kier molecular flexibility index (Phi) is 5.54. The number of carbonyl (C=O) groups excluding carboxylic acids is 1. The van der Waals surface area contributed by atoms with Gasteiger partial charge in [-0.3, -0.25) is 20.2 Å². The van der Waals surface area contributed by atoms with E-state index in [9.17, 15) is 13.6 Å². The molecule has 34 heavy (non-hydrogen) atoms. The summed E-state index contributed by atoms with van der Waals surface area (Å²) in [5, 5.41) is 4.52. The monoisotopic (exact) mass is 462 g/mol. The summed E-state index contributed by atoms with van der Waals surface area (Å²) in [6.45, 7) is 5.14. The molecule has 0 fully saturated rings. The van der Waals surface area contributed by atoms with Crippen LogP contribution in [0.5, 0.6) is 5.75 Å². The Morgan fingerprint density at radius 3 is 2.71 bits per heavy atom. The maximum absolute atomic E-state index is 14.1. The second-order valence-corrected chi connectivity index (χ2v) is 7.63. The molecule has 0 saturated carbocycles. The van der Waals surface area contributed by atoms with Crippen molar-refractivity contribution in [2.45, 2.75) is 0 Å². The molecule has 2 N–H and O–H groups in total. The van der Waals surface area contributed by atoms with Gasteiger partial charge in [0.25, 0.3) is 0 Å². The van der Waals surface area contributed by atoms with Gasteiger partial charge >= 0.3 is 0 Å². The van der Waals surface area contributed by atoms with Gasteiger partial charge in [-0.2, -0.15) is 0 Å². The zero-order valence-electron chi connectivity index (χ0n) is 18.0. The van der Waals surface area contributed by atoms with Crippen molar-refractivity contribution in [3.8, 4) is 5.75 Å². The van der Waals surface area contributed by atoms with Crippen LogP contribution < -0.4 is 15.5 Å². The molecule has 10 heteroatoms. The van der Waals surface area contributed by atoms with Crippen LogP contribution in [0.2, 0.25) is 0 Å². The van der Waals surface area contributed by atoms with Gasteiger partial charge in [-0.25, -0.2) is 13.8 Å².